The number of ether oxygens (including phenoxy) is 3. The second kappa shape index (κ2) is 11.8. The molecule has 0 unspecified atom stereocenters. The van der Waals surface area contributed by atoms with Gasteiger partial charge in [-0.3, -0.25) is 19.7 Å². The Hall–Kier alpha value is -3.27. The first-order chi connectivity index (χ1) is 14.9. The zero-order valence-corrected chi connectivity index (χ0v) is 18.3. The molecule has 2 rings (SSSR count). The highest BCUT2D eigenvalue weighted by atomic mass is 32.2. The van der Waals surface area contributed by atoms with Crippen LogP contribution >= 0.6 is 11.8 Å². The fourth-order valence-corrected chi connectivity index (χ4v) is 3.52. The Morgan fingerprint density at radius 3 is 2.48 bits per heavy atom. The quantitative estimate of drug-likeness (QED) is 0.241. The average Bonchev–Trinajstić information content (AvgIpc) is 2.77. The smallest absolute Gasteiger partial charge is 0.316 e. The molecule has 0 heterocycles. The van der Waals surface area contributed by atoms with Gasteiger partial charge in [0.15, 0.2) is 11.5 Å². The maximum atomic E-state index is 12.4. The SMILES string of the molecule is CCOC(=O)CSc1ccc(C(=O)NCCc2ccc(OC)c(OC)c2)cc1[N+](=O)[O-]. The molecule has 0 fully saturated rings. The molecule has 0 bridgehead atoms. The standard InChI is InChI=1S/C21H24N2O7S/c1-4-30-20(24)13-31-19-8-6-15(12-16(19)23(26)27)21(25)22-10-9-14-5-7-17(28-2)18(11-14)29-3/h5-8,11-12H,4,9-10,13H2,1-3H3,(H,22,25). The van der Waals surface area contributed by atoms with Crippen LogP contribution < -0.4 is 14.8 Å². The maximum absolute atomic E-state index is 12.4. The lowest BCUT2D eigenvalue weighted by Crippen LogP contribution is -2.25. The van der Waals surface area contributed by atoms with E-state index in [2.05, 4.69) is 5.32 Å². The van der Waals surface area contributed by atoms with Crippen LogP contribution in [0, 0.1) is 10.1 Å². The van der Waals surface area contributed by atoms with Crippen LogP contribution in [0.4, 0.5) is 5.69 Å². The third-order valence-corrected chi connectivity index (χ3v) is 5.25. The molecule has 10 heteroatoms. The number of carbonyl (C=O) groups excluding carboxylic acids is 2. The van der Waals surface area contributed by atoms with Crippen LogP contribution in [0.3, 0.4) is 0 Å². The topological polar surface area (TPSA) is 117 Å². The van der Waals surface area contributed by atoms with Gasteiger partial charge in [0.25, 0.3) is 11.6 Å². The van der Waals surface area contributed by atoms with E-state index < -0.39 is 16.8 Å². The number of esters is 1. The minimum Gasteiger partial charge on any atom is -0.493 e. The number of nitro benzene ring substituents is 1. The van der Waals surface area contributed by atoms with E-state index in [0.29, 0.717) is 29.4 Å². The van der Waals surface area contributed by atoms with E-state index in [0.717, 1.165) is 17.3 Å². The first-order valence-corrected chi connectivity index (χ1v) is 10.4. The monoisotopic (exact) mass is 448 g/mol. The van der Waals surface area contributed by atoms with Gasteiger partial charge < -0.3 is 19.5 Å². The molecule has 166 valence electrons. The number of nitro groups is 1. The van der Waals surface area contributed by atoms with Gasteiger partial charge in [-0.1, -0.05) is 6.07 Å². The molecule has 0 spiro atoms. The molecule has 0 saturated heterocycles. The van der Waals surface area contributed by atoms with Gasteiger partial charge in [-0.05, 0) is 43.2 Å². The predicted octanol–water partition coefficient (Wildman–Crippen LogP) is 3.24. The summed E-state index contributed by atoms with van der Waals surface area (Å²) < 4.78 is 15.3. The van der Waals surface area contributed by atoms with Crippen molar-refractivity contribution in [3.63, 3.8) is 0 Å². The van der Waals surface area contributed by atoms with Crippen molar-refractivity contribution in [2.75, 3.05) is 33.1 Å². The second-order valence-corrected chi connectivity index (χ2v) is 7.25. The Bertz CT molecular complexity index is 949. The highest BCUT2D eigenvalue weighted by molar-refractivity contribution is 8.00. The number of hydrogen-bond donors (Lipinski definition) is 1. The highest BCUT2D eigenvalue weighted by Gasteiger charge is 2.19. The van der Waals surface area contributed by atoms with Gasteiger partial charge in [0, 0.05) is 18.2 Å². The molecule has 31 heavy (non-hydrogen) atoms. The van der Waals surface area contributed by atoms with Gasteiger partial charge >= 0.3 is 5.97 Å². The maximum Gasteiger partial charge on any atom is 0.316 e. The van der Waals surface area contributed by atoms with E-state index in [4.69, 9.17) is 14.2 Å². The van der Waals surface area contributed by atoms with Crippen LogP contribution in [0.25, 0.3) is 0 Å². The molecule has 1 N–H and O–H groups in total. The molecule has 0 aliphatic rings. The summed E-state index contributed by atoms with van der Waals surface area (Å²) in [6, 6.07) is 9.64. The van der Waals surface area contributed by atoms with Crippen molar-refractivity contribution in [2.24, 2.45) is 0 Å². The fraction of sp³-hybridized carbons (Fsp3) is 0.333. The Kier molecular flexibility index (Phi) is 9.13. The summed E-state index contributed by atoms with van der Waals surface area (Å²) in [4.78, 5) is 35.0. The average molecular weight is 448 g/mol. The van der Waals surface area contributed by atoms with Gasteiger partial charge in [0.1, 0.15) is 0 Å². The third kappa shape index (κ3) is 6.88. The molecule has 2 aromatic rings. The molecule has 0 saturated carbocycles. The number of rotatable bonds is 11. The van der Waals surface area contributed by atoms with Crippen LogP contribution in [0.2, 0.25) is 0 Å². The molecule has 2 aromatic carbocycles. The van der Waals surface area contributed by atoms with Crippen LogP contribution in [-0.4, -0.2) is 49.9 Å². The van der Waals surface area contributed by atoms with E-state index in [1.807, 2.05) is 12.1 Å². The number of thioether (sulfide) groups is 1. The lowest BCUT2D eigenvalue weighted by molar-refractivity contribution is -0.387. The van der Waals surface area contributed by atoms with E-state index in [-0.39, 0.29) is 23.6 Å². The highest BCUT2D eigenvalue weighted by Crippen LogP contribution is 2.30. The molecule has 0 aromatic heterocycles. The molecule has 0 aliphatic heterocycles. The summed E-state index contributed by atoms with van der Waals surface area (Å²) in [5, 5.41) is 14.2. The number of benzene rings is 2. The van der Waals surface area contributed by atoms with Gasteiger partial charge in [-0.25, -0.2) is 0 Å². The summed E-state index contributed by atoms with van der Waals surface area (Å²) in [6.45, 7) is 2.26. The molecule has 0 radical (unpaired) electrons. The molecule has 0 aliphatic carbocycles. The zero-order chi connectivity index (χ0) is 22.8. The largest absolute Gasteiger partial charge is 0.493 e. The van der Waals surface area contributed by atoms with Crippen molar-refractivity contribution in [2.45, 2.75) is 18.2 Å². The number of nitrogens with zero attached hydrogens (tertiary/aromatic N) is 1. The van der Waals surface area contributed by atoms with Crippen LogP contribution in [-0.2, 0) is 16.0 Å². The minimum absolute atomic E-state index is 0.0501. The normalized spacial score (nSPS) is 10.3. The van der Waals surface area contributed by atoms with Crippen LogP contribution in [0.15, 0.2) is 41.3 Å². The molecule has 9 nitrogen and oxygen atoms in total. The Morgan fingerprint density at radius 2 is 1.84 bits per heavy atom. The Balaban J connectivity index is 2.00. The molecule has 1 amide bonds. The Labute approximate surface area is 184 Å². The van der Waals surface area contributed by atoms with Crippen LogP contribution in [0.5, 0.6) is 11.5 Å². The van der Waals surface area contributed by atoms with Gasteiger partial charge in [0.2, 0.25) is 0 Å². The summed E-state index contributed by atoms with van der Waals surface area (Å²) >= 11 is 0.995. The van der Waals surface area contributed by atoms with E-state index >= 15 is 0 Å². The molecule has 0 atom stereocenters. The number of nitrogens with one attached hydrogen (secondary N) is 1. The summed E-state index contributed by atoms with van der Waals surface area (Å²) in [7, 11) is 3.10. The van der Waals surface area contributed by atoms with E-state index in [1.54, 1.807) is 27.2 Å². The molecular weight excluding hydrogens is 424 g/mol. The van der Waals surface area contributed by atoms with Crippen molar-refractivity contribution in [3.05, 3.63) is 57.6 Å². The van der Waals surface area contributed by atoms with Gasteiger partial charge in [-0.15, -0.1) is 11.8 Å². The first kappa shape index (κ1) is 24.0. The Morgan fingerprint density at radius 1 is 1.10 bits per heavy atom. The number of methoxy groups -OCH3 is 2. The number of hydrogen-bond acceptors (Lipinski definition) is 8. The van der Waals surface area contributed by atoms with Gasteiger partial charge in [-0.2, -0.15) is 0 Å². The number of amides is 1. The van der Waals surface area contributed by atoms with Crippen LogP contribution in [0.1, 0.15) is 22.8 Å². The lowest BCUT2D eigenvalue weighted by atomic mass is 10.1. The predicted molar refractivity (Wildman–Crippen MR) is 116 cm³/mol. The molecular formula is C21H24N2O7S. The first-order valence-electron chi connectivity index (χ1n) is 9.45. The van der Waals surface area contributed by atoms with Crippen molar-refractivity contribution < 1.29 is 28.7 Å². The van der Waals surface area contributed by atoms with Crippen molar-refractivity contribution in [1.29, 1.82) is 0 Å². The lowest BCUT2D eigenvalue weighted by Gasteiger charge is -2.10. The van der Waals surface area contributed by atoms with E-state index in [9.17, 15) is 19.7 Å². The zero-order valence-electron chi connectivity index (χ0n) is 17.5. The second-order valence-electron chi connectivity index (χ2n) is 6.23. The number of carbonyl (C=O) groups is 2. The summed E-state index contributed by atoms with van der Waals surface area (Å²) in [6.07, 6.45) is 0.543. The van der Waals surface area contributed by atoms with Gasteiger partial charge in [0.05, 0.1) is 36.4 Å². The van der Waals surface area contributed by atoms with Crippen molar-refractivity contribution in [1.82, 2.24) is 5.32 Å². The van der Waals surface area contributed by atoms with Crippen molar-refractivity contribution in [3.8, 4) is 11.5 Å². The summed E-state index contributed by atoms with van der Waals surface area (Å²) in [5.74, 6) is 0.275. The minimum atomic E-state index is -0.575. The fourth-order valence-electron chi connectivity index (χ4n) is 2.72. The third-order valence-electron chi connectivity index (χ3n) is 4.22. The summed E-state index contributed by atoms with van der Waals surface area (Å²) in [5.41, 5.74) is 0.871. The van der Waals surface area contributed by atoms with Crippen molar-refractivity contribution >= 4 is 29.3 Å². The van der Waals surface area contributed by atoms with E-state index in [1.165, 1.54) is 18.2 Å².